The van der Waals surface area contributed by atoms with Crippen LogP contribution in [0, 0.1) is 10.1 Å². The van der Waals surface area contributed by atoms with E-state index in [1.165, 1.54) is 6.07 Å². The molecule has 0 amide bonds. The summed E-state index contributed by atoms with van der Waals surface area (Å²) in [5.41, 5.74) is 7.42. The molecule has 3 N–H and O–H groups in total. The highest BCUT2D eigenvalue weighted by Gasteiger charge is 2.15. The van der Waals surface area contributed by atoms with Gasteiger partial charge in [0.05, 0.1) is 4.92 Å². The van der Waals surface area contributed by atoms with Crippen LogP contribution in [0.4, 0.5) is 5.69 Å². The van der Waals surface area contributed by atoms with Crippen LogP contribution in [0.25, 0.3) is 10.9 Å². The van der Waals surface area contributed by atoms with Gasteiger partial charge in [0.15, 0.2) is 0 Å². The van der Waals surface area contributed by atoms with Crippen molar-refractivity contribution in [2.75, 3.05) is 0 Å². The molecule has 1 atom stereocenters. The van der Waals surface area contributed by atoms with Gasteiger partial charge in [0.2, 0.25) is 0 Å². The van der Waals surface area contributed by atoms with Crippen molar-refractivity contribution >= 4 is 16.6 Å². The molecule has 0 aliphatic carbocycles. The van der Waals surface area contributed by atoms with Crippen LogP contribution in [-0.4, -0.2) is 15.9 Å². The smallest absolute Gasteiger partial charge is 0.293 e. The van der Waals surface area contributed by atoms with E-state index in [4.69, 9.17) is 5.73 Å². The summed E-state index contributed by atoms with van der Waals surface area (Å²) in [6.45, 7) is 1.91. The Bertz CT molecular complexity index is 531. The topological polar surface area (TPSA) is 85.0 Å². The minimum atomic E-state index is -0.380. The van der Waals surface area contributed by atoms with E-state index < -0.39 is 0 Å². The first-order valence-electron chi connectivity index (χ1n) is 5.08. The molecule has 1 heterocycles. The third kappa shape index (κ3) is 1.77. The molecule has 1 aromatic carbocycles. The van der Waals surface area contributed by atoms with Crippen LogP contribution in [-0.2, 0) is 6.42 Å². The summed E-state index contributed by atoms with van der Waals surface area (Å²) in [5.74, 6) is 0. The molecule has 0 fully saturated rings. The molecule has 16 heavy (non-hydrogen) atoms. The Morgan fingerprint density at radius 3 is 2.94 bits per heavy atom. The number of non-ortho nitro benzene ring substituents is 1. The van der Waals surface area contributed by atoms with Gasteiger partial charge in [-0.25, -0.2) is 0 Å². The second-order valence-corrected chi connectivity index (χ2v) is 3.95. The molecule has 5 nitrogen and oxygen atoms in total. The van der Waals surface area contributed by atoms with Gasteiger partial charge in [-0.1, -0.05) is 12.1 Å². The fraction of sp³-hybridized carbons (Fsp3) is 0.273. The summed E-state index contributed by atoms with van der Waals surface area (Å²) in [6.07, 6.45) is 2.50. The first kappa shape index (κ1) is 10.6. The Morgan fingerprint density at radius 2 is 2.31 bits per heavy atom. The van der Waals surface area contributed by atoms with E-state index in [-0.39, 0.29) is 16.7 Å². The average molecular weight is 219 g/mol. The van der Waals surface area contributed by atoms with Gasteiger partial charge >= 0.3 is 0 Å². The fourth-order valence-corrected chi connectivity index (χ4v) is 1.86. The van der Waals surface area contributed by atoms with Crippen molar-refractivity contribution in [2.24, 2.45) is 5.73 Å². The number of fused-ring (bicyclic) bond motifs is 1. The van der Waals surface area contributed by atoms with E-state index in [1.54, 1.807) is 12.3 Å². The van der Waals surface area contributed by atoms with Gasteiger partial charge < -0.3 is 10.7 Å². The molecule has 2 rings (SSSR count). The molecule has 1 aromatic heterocycles. The molecule has 0 unspecified atom stereocenters. The van der Waals surface area contributed by atoms with Crippen LogP contribution < -0.4 is 5.73 Å². The minimum absolute atomic E-state index is 0.0401. The number of hydrogen-bond acceptors (Lipinski definition) is 3. The number of nitro groups is 1. The second kappa shape index (κ2) is 3.94. The lowest BCUT2D eigenvalue weighted by Gasteiger charge is -2.02. The van der Waals surface area contributed by atoms with Crippen molar-refractivity contribution in [2.45, 2.75) is 19.4 Å². The maximum absolute atomic E-state index is 10.8. The summed E-state index contributed by atoms with van der Waals surface area (Å²) < 4.78 is 0. The maximum atomic E-state index is 10.8. The lowest BCUT2D eigenvalue weighted by Crippen LogP contribution is -2.17. The molecule has 0 aliphatic heterocycles. The van der Waals surface area contributed by atoms with Crippen LogP contribution in [0.15, 0.2) is 24.4 Å². The Balaban J connectivity index is 2.57. The average Bonchev–Trinajstić information content (AvgIpc) is 2.60. The number of rotatable bonds is 3. The first-order valence-corrected chi connectivity index (χ1v) is 5.08. The third-order valence-electron chi connectivity index (χ3n) is 2.52. The van der Waals surface area contributed by atoms with Gasteiger partial charge in [-0.3, -0.25) is 10.1 Å². The third-order valence-corrected chi connectivity index (χ3v) is 2.52. The quantitative estimate of drug-likeness (QED) is 0.611. The number of benzene rings is 1. The molecule has 0 bridgehead atoms. The van der Waals surface area contributed by atoms with Gasteiger partial charge in [-0.15, -0.1) is 0 Å². The second-order valence-electron chi connectivity index (χ2n) is 3.95. The van der Waals surface area contributed by atoms with Crippen molar-refractivity contribution in [3.8, 4) is 0 Å². The highest BCUT2D eigenvalue weighted by molar-refractivity contribution is 5.90. The number of nitrogens with two attached hydrogens (primary N) is 1. The number of aromatic nitrogens is 1. The Kier molecular flexibility index (Phi) is 2.62. The lowest BCUT2D eigenvalue weighted by molar-refractivity contribution is -0.383. The van der Waals surface area contributed by atoms with Gasteiger partial charge in [0.1, 0.15) is 5.52 Å². The fourth-order valence-electron chi connectivity index (χ4n) is 1.86. The van der Waals surface area contributed by atoms with E-state index in [1.807, 2.05) is 13.0 Å². The number of para-hydroxylation sites is 1. The molecule has 0 radical (unpaired) electrons. The number of aromatic amines is 1. The number of nitro benzene ring substituents is 1. The molecule has 84 valence electrons. The Hall–Kier alpha value is -1.88. The molecule has 5 heteroatoms. The SMILES string of the molecule is C[C@H](N)Cc1c[nH]c2c([N+](=O)[O-])cccc12. The summed E-state index contributed by atoms with van der Waals surface area (Å²) in [7, 11) is 0. The highest BCUT2D eigenvalue weighted by Crippen LogP contribution is 2.27. The van der Waals surface area contributed by atoms with Crippen molar-refractivity contribution in [3.05, 3.63) is 40.1 Å². The van der Waals surface area contributed by atoms with Crippen molar-refractivity contribution in [3.63, 3.8) is 0 Å². The predicted molar refractivity (Wildman–Crippen MR) is 62.3 cm³/mol. The van der Waals surface area contributed by atoms with E-state index in [9.17, 15) is 10.1 Å². The van der Waals surface area contributed by atoms with Gasteiger partial charge in [-0.05, 0) is 18.9 Å². The minimum Gasteiger partial charge on any atom is -0.355 e. The van der Waals surface area contributed by atoms with Gasteiger partial charge in [-0.2, -0.15) is 0 Å². The van der Waals surface area contributed by atoms with E-state index in [2.05, 4.69) is 4.98 Å². The summed E-state index contributed by atoms with van der Waals surface area (Å²) in [4.78, 5) is 13.4. The highest BCUT2D eigenvalue weighted by atomic mass is 16.6. The molecule has 0 saturated carbocycles. The molecule has 2 aromatic rings. The van der Waals surface area contributed by atoms with Crippen LogP contribution in [0.1, 0.15) is 12.5 Å². The van der Waals surface area contributed by atoms with E-state index >= 15 is 0 Å². The molecular weight excluding hydrogens is 206 g/mol. The molecule has 0 saturated heterocycles. The summed E-state index contributed by atoms with van der Waals surface area (Å²) in [6, 6.07) is 5.10. The molecule has 0 aliphatic rings. The van der Waals surface area contributed by atoms with Crippen molar-refractivity contribution < 1.29 is 4.92 Å². The molecule has 0 spiro atoms. The summed E-state index contributed by atoms with van der Waals surface area (Å²) in [5, 5.41) is 11.7. The lowest BCUT2D eigenvalue weighted by atomic mass is 10.1. The largest absolute Gasteiger partial charge is 0.355 e. The Labute approximate surface area is 92.4 Å². The van der Waals surface area contributed by atoms with E-state index in [0.29, 0.717) is 11.9 Å². The zero-order valence-electron chi connectivity index (χ0n) is 8.93. The first-order chi connectivity index (χ1) is 7.59. The normalized spacial score (nSPS) is 12.9. The monoisotopic (exact) mass is 219 g/mol. The standard InChI is InChI=1S/C11H13N3O2/c1-7(12)5-8-6-13-11-9(8)3-2-4-10(11)14(15)16/h2-4,6-7,13H,5,12H2,1H3/t7-/m0/s1. The van der Waals surface area contributed by atoms with Crippen LogP contribution in [0.3, 0.4) is 0 Å². The van der Waals surface area contributed by atoms with Crippen LogP contribution >= 0.6 is 0 Å². The van der Waals surface area contributed by atoms with Gasteiger partial charge in [0, 0.05) is 23.7 Å². The van der Waals surface area contributed by atoms with Crippen molar-refractivity contribution in [1.82, 2.24) is 4.98 Å². The predicted octanol–water partition coefficient (Wildman–Crippen LogP) is 1.97. The van der Waals surface area contributed by atoms with Gasteiger partial charge in [0.25, 0.3) is 5.69 Å². The van der Waals surface area contributed by atoms with Crippen LogP contribution in [0.5, 0.6) is 0 Å². The Morgan fingerprint density at radius 1 is 1.56 bits per heavy atom. The van der Waals surface area contributed by atoms with Crippen molar-refractivity contribution in [1.29, 1.82) is 0 Å². The van der Waals surface area contributed by atoms with Crippen LogP contribution in [0.2, 0.25) is 0 Å². The number of nitrogens with one attached hydrogen (secondary N) is 1. The number of hydrogen-bond donors (Lipinski definition) is 2. The zero-order valence-corrected chi connectivity index (χ0v) is 8.93. The number of H-pyrrole nitrogens is 1. The molecular formula is C11H13N3O2. The number of nitrogens with zero attached hydrogens (tertiary/aromatic N) is 1. The zero-order chi connectivity index (χ0) is 11.7. The maximum Gasteiger partial charge on any atom is 0.293 e. The van der Waals surface area contributed by atoms with E-state index in [0.717, 1.165) is 10.9 Å². The summed E-state index contributed by atoms with van der Waals surface area (Å²) >= 11 is 0.